The maximum Gasteiger partial charge on any atom is 0.306 e. The van der Waals surface area contributed by atoms with Crippen molar-refractivity contribution >= 4 is 11.9 Å². The summed E-state index contributed by atoms with van der Waals surface area (Å²) in [6.07, 6.45) is 45.2. The van der Waals surface area contributed by atoms with Crippen molar-refractivity contribution in [3.05, 3.63) is 60.8 Å². The van der Waals surface area contributed by atoms with Gasteiger partial charge in [0, 0.05) is 12.8 Å². The molecule has 0 aromatic carbocycles. The van der Waals surface area contributed by atoms with Crippen LogP contribution in [-0.4, -0.2) is 23.1 Å². The van der Waals surface area contributed by atoms with Crippen molar-refractivity contribution in [2.75, 3.05) is 0 Å². The van der Waals surface area contributed by atoms with Gasteiger partial charge < -0.3 is 9.84 Å². The molecule has 0 heterocycles. The molecule has 4 nitrogen and oxygen atoms in total. The standard InChI is InChI=1S/C38H64O4/c1-3-5-7-9-11-13-15-16-18-20-22-27-31-35-38(41)42-36(33-29-25-23-26-30-34-37(39)40)32-28-24-21-19-17-14-12-10-8-6-4-2/h7,9,12-15,19,21,28,32,36H,3-6,8,10-11,16-18,20,22-27,29-31,33-35H2,1-2H3,(H,39,40)/b9-7-,14-12-,15-13-,21-19-,32-28-. The monoisotopic (exact) mass is 584 g/mol. The molecule has 0 aliphatic carbocycles. The number of carboxylic acids is 1. The van der Waals surface area contributed by atoms with Gasteiger partial charge in [0.25, 0.3) is 0 Å². The fourth-order valence-corrected chi connectivity index (χ4v) is 4.62. The van der Waals surface area contributed by atoms with E-state index in [4.69, 9.17) is 9.84 Å². The summed E-state index contributed by atoms with van der Waals surface area (Å²) >= 11 is 0. The Hall–Kier alpha value is -2.36. The molecule has 240 valence electrons. The van der Waals surface area contributed by atoms with Gasteiger partial charge in [0.15, 0.2) is 0 Å². The van der Waals surface area contributed by atoms with Crippen molar-refractivity contribution in [2.24, 2.45) is 0 Å². The van der Waals surface area contributed by atoms with Crippen molar-refractivity contribution in [2.45, 2.75) is 168 Å². The SMILES string of the molecule is CCC/C=C\C/C=C\CCCCCCCC(=O)OC(/C=C\C/C=C\C/C=C\CCCCC)CCCCCCCC(=O)O. The van der Waals surface area contributed by atoms with Gasteiger partial charge in [-0.25, -0.2) is 0 Å². The van der Waals surface area contributed by atoms with Gasteiger partial charge in [0.1, 0.15) is 6.10 Å². The van der Waals surface area contributed by atoms with Crippen molar-refractivity contribution in [3.63, 3.8) is 0 Å². The van der Waals surface area contributed by atoms with E-state index in [2.05, 4.69) is 74.6 Å². The molecule has 1 unspecified atom stereocenters. The van der Waals surface area contributed by atoms with Gasteiger partial charge in [-0.05, 0) is 83.1 Å². The Labute approximate surface area is 259 Å². The van der Waals surface area contributed by atoms with Gasteiger partial charge in [-0.15, -0.1) is 0 Å². The third kappa shape index (κ3) is 32.2. The molecule has 0 spiro atoms. The van der Waals surface area contributed by atoms with E-state index in [-0.39, 0.29) is 18.5 Å². The molecule has 0 rings (SSSR count). The fourth-order valence-electron chi connectivity index (χ4n) is 4.62. The number of hydrogen-bond acceptors (Lipinski definition) is 3. The van der Waals surface area contributed by atoms with E-state index in [9.17, 15) is 9.59 Å². The van der Waals surface area contributed by atoms with Crippen LogP contribution < -0.4 is 0 Å². The highest BCUT2D eigenvalue weighted by atomic mass is 16.5. The van der Waals surface area contributed by atoms with E-state index in [0.29, 0.717) is 6.42 Å². The number of aliphatic carboxylic acids is 1. The van der Waals surface area contributed by atoms with Gasteiger partial charge in [-0.3, -0.25) is 9.59 Å². The van der Waals surface area contributed by atoms with Gasteiger partial charge in [-0.2, -0.15) is 0 Å². The predicted octanol–water partition coefficient (Wildman–Crippen LogP) is 11.8. The number of rotatable bonds is 30. The third-order valence-corrected chi connectivity index (χ3v) is 7.18. The summed E-state index contributed by atoms with van der Waals surface area (Å²) in [4.78, 5) is 23.2. The summed E-state index contributed by atoms with van der Waals surface area (Å²) in [6.45, 7) is 4.43. The second-order valence-corrected chi connectivity index (χ2v) is 11.3. The van der Waals surface area contributed by atoms with Crippen LogP contribution in [0.4, 0.5) is 0 Å². The van der Waals surface area contributed by atoms with Crippen LogP contribution in [0, 0.1) is 0 Å². The number of ether oxygens (including phenoxy) is 1. The molecule has 0 bridgehead atoms. The van der Waals surface area contributed by atoms with E-state index < -0.39 is 5.97 Å². The zero-order valence-corrected chi connectivity index (χ0v) is 27.3. The first kappa shape index (κ1) is 39.6. The Balaban J connectivity index is 4.27. The number of carboxylic acid groups (broad SMARTS) is 1. The Morgan fingerprint density at radius 2 is 1.05 bits per heavy atom. The van der Waals surface area contributed by atoms with E-state index >= 15 is 0 Å². The Kier molecular flexibility index (Phi) is 31.3. The lowest BCUT2D eigenvalue weighted by molar-refractivity contribution is -0.147. The molecule has 4 heteroatoms. The fraction of sp³-hybridized carbons (Fsp3) is 0.684. The molecule has 1 atom stereocenters. The average Bonchev–Trinajstić information content (AvgIpc) is 2.97. The maximum absolute atomic E-state index is 12.5. The lowest BCUT2D eigenvalue weighted by Gasteiger charge is -2.14. The van der Waals surface area contributed by atoms with Crippen molar-refractivity contribution in [1.82, 2.24) is 0 Å². The Morgan fingerprint density at radius 3 is 1.67 bits per heavy atom. The Bertz CT molecular complexity index is 759. The molecule has 0 fully saturated rings. The molecule has 0 aromatic heterocycles. The molecule has 0 amide bonds. The number of carbonyl (C=O) groups excluding carboxylic acids is 1. The molecular weight excluding hydrogens is 520 g/mol. The zero-order valence-electron chi connectivity index (χ0n) is 27.3. The summed E-state index contributed by atoms with van der Waals surface area (Å²) in [5.41, 5.74) is 0. The van der Waals surface area contributed by atoms with Crippen LogP contribution in [0.15, 0.2) is 60.8 Å². The lowest BCUT2D eigenvalue weighted by atomic mass is 10.1. The van der Waals surface area contributed by atoms with Gasteiger partial charge in [0.2, 0.25) is 0 Å². The number of esters is 1. The van der Waals surface area contributed by atoms with Crippen LogP contribution in [0.25, 0.3) is 0 Å². The first-order valence-corrected chi connectivity index (χ1v) is 17.3. The van der Waals surface area contributed by atoms with E-state index in [1.165, 1.54) is 57.8 Å². The molecule has 0 aliphatic rings. The normalized spacial score (nSPS) is 13.0. The summed E-state index contributed by atoms with van der Waals surface area (Å²) in [5, 5.41) is 8.78. The summed E-state index contributed by atoms with van der Waals surface area (Å²) < 4.78 is 5.86. The largest absolute Gasteiger partial charge is 0.481 e. The van der Waals surface area contributed by atoms with Gasteiger partial charge in [0.05, 0.1) is 0 Å². The molecule has 0 radical (unpaired) electrons. The topological polar surface area (TPSA) is 63.6 Å². The van der Waals surface area contributed by atoms with Crippen LogP contribution in [0.2, 0.25) is 0 Å². The smallest absolute Gasteiger partial charge is 0.306 e. The van der Waals surface area contributed by atoms with E-state index in [0.717, 1.165) is 77.0 Å². The molecule has 0 aromatic rings. The van der Waals surface area contributed by atoms with Gasteiger partial charge >= 0.3 is 11.9 Å². The summed E-state index contributed by atoms with van der Waals surface area (Å²) in [5.74, 6) is -0.809. The minimum atomic E-state index is -0.720. The molecule has 0 saturated heterocycles. The van der Waals surface area contributed by atoms with Crippen LogP contribution in [0.3, 0.4) is 0 Å². The van der Waals surface area contributed by atoms with E-state index in [1.54, 1.807) is 0 Å². The number of hydrogen-bond donors (Lipinski definition) is 1. The highest BCUT2D eigenvalue weighted by Crippen LogP contribution is 2.14. The van der Waals surface area contributed by atoms with Crippen molar-refractivity contribution in [1.29, 1.82) is 0 Å². The molecule has 42 heavy (non-hydrogen) atoms. The van der Waals surface area contributed by atoms with Gasteiger partial charge in [-0.1, -0.05) is 126 Å². The van der Waals surface area contributed by atoms with E-state index in [1.807, 2.05) is 0 Å². The lowest BCUT2D eigenvalue weighted by Crippen LogP contribution is -2.16. The second kappa shape index (κ2) is 33.1. The molecule has 1 N–H and O–H groups in total. The number of allylic oxidation sites excluding steroid dienone is 9. The average molecular weight is 585 g/mol. The van der Waals surface area contributed by atoms with Crippen LogP contribution in [0.5, 0.6) is 0 Å². The highest BCUT2D eigenvalue weighted by molar-refractivity contribution is 5.69. The minimum absolute atomic E-state index is 0.0890. The highest BCUT2D eigenvalue weighted by Gasteiger charge is 2.11. The number of unbranched alkanes of at least 4 members (excludes halogenated alkanes) is 13. The molecule has 0 aliphatic heterocycles. The van der Waals surface area contributed by atoms with Crippen LogP contribution in [0.1, 0.15) is 162 Å². The first-order chi connectivity index (χ1) is 20.6. The van der Waals surface area contributed by atoms with Crippen LogP contribution >= 0.6 is 0 Å². The number of carbonyl (C=O) groups is 2. The van der Waals surface area contributed by atoms with Crippen LogP contribution in [-0.2, 0) is 14.3 Å². The maximum atomic E-state index is 12.5. The molecule has 0 saturated carbocycles. The Morgan fingerprint density at radius 1 is 0.548 bits per heavy atom. The summed E-state index contributed by atoms with van der Waals surface area (Å²) in [6, 6.07) is 0. The molecular formula is C38H64O4. The summed E-state index contributed by atoms with van der Waals surface area (Å²) in [7, 11) is 0. The predicted molar refractivity (Wildman–Crippen MR) is 181 cm³/mol. The third-order valence-electron chi connectivity index (χ3n) is 7.18. The first-order valence-electron chi connectivity index (χ1n) is 17.3. The quantitative estimate of drug-likeness (QED) is 0.0518. The van der Waals surface area contributed by atoms with Crippen molar-refractivity contribution < 1.29 is 19.4 Å². The van der Waals surface area contributed by atoms with Crippen molar-refractivity contribution in [3.8, 4) is 0 Å². The zero-order chi connectivity index (χ0) is 30.8. The second-order valence-electron chi connectivity index (χ2n) is 11.3. The minimum Gasteiger partial charge on any atom is -0.481 e.